The van der Waals surface area contributed by atoms with E-state index in [-0.39, 0.29) is 18.2 Å². The van der Waals surface area contributed by atoms with Crippen LogP contribution in [0.2, 0.25) is 10.0 Å². The minimum atomic E-state index is -0.560. The number of nitrogens with zero attached hydrogens (tertiary/aromatic N) is 5. The van der Waals surface area contributed by atoms with Gasteiger partial charge in [-0.1, -0.05) is 23.2 Å². The van der Waals surface area contributed by atoms with Gasteiger partial charge in [-0.05, 0) is 57.4 Å². The Morgan fingerprint density at radius 2 is 1.94 bits per heavy atom. The molecule has 4 rings (SSSR count). The van der Waals surface area contributed by atoms with Crippen LogP contribution in [0.25, 0.3) is 5.78 Å². The van der Waals surface area contributed by atoms with Gasteiger partial charge in [-0.3, -0.25) is 9.59 Å². The van der Waals surface area contributed by atoms with Gasteiger partial charge in [0.15, 0.2) is 5.82 Å². The number of piperidine rings is 1. The number of aryl methyl sites for hydroxylation is 2. The van der Waals surface area contributed by atoms with Crippen molar-refractivity contribution < 1.29 is 9.59 Å². The Bertz CT molecular complexity index is 1160. The number of benzene rings is 1. The molecule has 2 amide bonds. The summed E-state index contributed by atoms with van der Waals surface area (Å²) < 4.78 is 1.63. The molecule has 0 aliphatic carbocycles. The molecular formula is C21H22Cl2N6O2. The molecule has 0 saturated carbocycles. The van der Waals surface area contributed by atoms with Crippen LogP contribution in [0.3, 0.4) is 0 Å². The largest absolute Gasteiger partial charge is 0.330 e. The van der Waals surface area contributed by atoms with E-state index in [1.54, 1.807) is 27.6 Å². The number of hydrogen-bond donors (Lipinski definition) is 1. The van der Waals surface area contributed by atoms with Crippen molar-refractivity contribution in [2.75, 3.05) is 11.9 Å². The van der Waals surface area contributed by atoms with Crippen molar-refractivity contribution >= 4 is 46.5 Å². The molecule has 0 bridgehead atoms. The zero-order chi connectivity index (χ0) is 22.1. The second-order valence-electron chi connectivity index (χ2n) is 7.67. The molecule has 3 aromatic rings. The average molecular weight is 461 g/mol. The van der Waals surface area contributed by atoms with Crippen molar-refractivity contribution in [1.29, 1.82) is 0 Å². The molecule has 3 heterocycles. The number of amides is 2. The van der Waals surface area contributed by atoms with Crippen LogP contribution in [0.1, 0.15) is 36.5 Å². The fraction of sp³-hybridized carbons (Fsp3) is 0.381. The lowest BCUT2D eigenvalue weighted by molar-refractivity contribution is -0.139. The zero-order valence-corrected chi connectivity index (χ0v) is 18.7. The van der Waals surface area contributed by atoms with Gasteiger partial charge in [-0.25, -0.2) is 9.50 Å². The van der Waals surface area contributed by atoms with E-state index < -0.39 is 6.04 Å². The molecule has 1 aromatic carbocycles. The van der Waals surface area contributed by atoms with Crippen LogP contribution < -0.4 is 5.32 Å². The average Bonchev–Trinajstić information content (AvgIpc) is 3.13. The maximum atomic E-state index is 13.1. The van der Waals surface area contributed by atoms with E-state index in [0.717, 1.165) is 24.2 Å². The highest BCUT2D eigenvalue weighted by Crippen LogP contribution is 2.26. The van der Waals surface area contributed by atoms with Crippen molar-refractivity contribution in [3.05, 3.63) is 51.5 Å². The molecule has 0 radical (unpaired) electrons. The number of likely N-dealkylation sites (tertiary alicyclic amines) is 1. The maximum Gasteiger partial charge on any atom is 0.252 e. The van der Waals surface area contributed by atoms with Gasteiger partial charge in [-0.2, -0.15) is 4.98 Å². The summed E-state index contributed by atoms with van der Waals surface area (Å²) in [6.07, 6.45) is 2.33. The highest BCUT2D eigenvalue weighted by molar-refractivity contribution is 6.42. The summed E-state index contributed by atoms with van der Waals surface area (Å²) in [6.45, 7) is 4.31. The molecule has 0 spiro atoms. The highest BCUT2D eigenvalue weighted by atomic mass is 35.5. The van der Waals surface area contributed by atoms with Crippen LogP contribution in [-0.4, -0.2) is 48.9 Å². The third-order valence-corrected chi connectivity index (χ3v) is 6.02. The molecule has 2 aromatic heterocycles. The van der Waals surface area contributed by atoms with Crippen LogP contribution in [0.5, 0.6) is 0 Å². The lowest BCUT2D eigenvalue weighted by Crippen LogP contribution is -2.50. The van der Waals surface area contributed by atoms with Gasteiger partial charge < -0.3 is 10.2 Å². The van der Waals surface area contributed by atoms with Gasteiger partial charge in [0.2, 0.25) is 11.8 Å². The molecule has 8 nitrogen and oxygen atoms in total. The minimum absolute atomic E-state index is 0.0123. The summed E-state index contributed by atoms with van der Waals surface area (Å²) in [6, 6.07) is 6.24. The molecule has 1 fully saturated rings. The predicted molar refractivity (Wildman–Crippen MR) is 118 cm³/mol. The number of rotatable bonds is 4. The van der Waals surface area contributed by atoms with Crippen LogP contribution in [0.4, 0.5) is 5.69 Å². The van der Waals surface area contributed by atoms with Crippen LogP contribution in [0.15, 0.2) is 24.3 Å². The fourth-order valence-electron chi connectivity index (χ4n) is 3.82. The second-order valence-corrected chi connectivity index (χ2v) is 8.49. The normalized spacial score (nSPS) is 16.5. The lowest BCUT2D eigenvalue weighted by Gasteiger charge is -2.34. The number of carbonyl (C=O) groups is 2. The van der Waals surface area contributed by atoms with E-state index in [2.05, 4.69) is 20.4 Å². The zero-order valence-electron chi connectivity index (χ0n) is 17.2. The van der Waals surface area contributed by atoms with Crippen molar-refractivity contribution in [2.24, 2.45) is 0 Å². The van der Waals surface area contributed by atoms with Crippen molar-refractivity contribution in [1.82, 2.24) is 24.5 Å². The molecule has 10 heteroatoms. The van der Waals surface area contributed by atoms with Gasteiger partial charge in [0.1, 0.15) is 6.04 Å². The molecule has 1 aliphatic heterocycles. The predicted octanol–water partition coefficient (Wildman–Crippen LogP) is 3.61. The Morgan fingerprint density at radius 3 is 2.71 bits per heavy atom. The van der Waals surface area contributed by atoms with Gasteiger partial charge in [-0.15, -0.1) is 5.10 Å². The van der Waals surface area contributed by atoms with Crippen LogP contribution in [0, 0.1) is 13.8 Å². The lowest BCUT2D eigenvalue weighted by atomic mass is 10.0. The van der Waals surface area contributed by atoms with Crippen LogP contribution >= 0.6 is 23.2 Å². The second kappa shape index (κ2) is 8.80. The first-order chi connectivity index (χ1) is 14.8. The summed E-state index contributed by atoms with van der Waals surface area (Å²) in [5.74, 6) is 0.426. The topological polar surface area (TPSA) is 92.5 Å². The van der Waals surface area contributed by atoms with Gasteiger partial charge in [0.25, 0.3) is 5.78 Å². The molecule has 1 N–H and O–H groups in total. The number of anilines is 1. The minimum Gasteiger partial charge on any atom is -0.330 e. The maximum absolute atomic E-state index is 13.1. The molecule has 1 aliphatic rings. The molecule has 1 atom stereocenters. The quantitative estimate of drug-likeness (QED) is 0.641. The summed E-state index contributed by atoms with van der Waals surface area (Å²) in [4.78, 5) is 36.4. The van der Waals surface area contributed by atoms with Gasteiger partial charge >= 0.3 is 0 Å². The summed E-state index contributed by atoms with van der Waals surface area (Å²) >= 11 is 12.0. The smallest absolute Gasteiger partial charge is 0.252 e. The first-order valence-corrected chi connectivity index (χ1v) is 10.8. The molecule has 1 unspecified atom stereocenters. The SMILES string of the molecule is Cc1cc(C)n2nc(CC(=O)N3CCCCC3C(=O)Nc3ccc(Cl)c(Cl)c3)nc2n1. The number of nitrogens with one attached hydrogen (secondary N) is 1. The first-order valence-electron chi connectivity index (χ1n) is 10.1. The van der Waals surface area contributed by atoms with Crippen molar-refractivity contribution in [3.8, 4) is 0 Å². The third kappa shape index (κ3) is 4.65. The Morgan fingerprint density at radius 1 is 1.13 bits per heavy atom. The Hall–Kier alpha value is -2.71. The summed E-state index contributed by atoms with van der Waals surface area (Å²) in [5, 5.41) is 8.02. The van der Waals surface area contributed by atoms with Crippen molar-refractivity contribution in [3.63, 3.8) is 0 Å². The van der Waals surface area contributed by atoms with E-state index in [4.69, 9.17) is 23.2 Å². The number of fused-ring (bicyclic) bond motifs is 1. The monoisotopic (exact) mass is 460 g/mol. The molecular weight excluding hydrogens is 439 g/mol. The Balaban J connectivity index is 1.50. The number of halogens is 2. The highest BCUT2D eigenvalue weighted by Gasteiger charge is 2.32. The van der Waals surface area contributed by atoms with E-state index in [9.17, 15) is 9.59 Å². The fourth-order valence-corrected chi connectivity index (χ4v) is 4.12. The summed E-state index contributed by atoms with van der Waals surface area (Å²) in [7, 11) is 0. The van der Waals surface area contributed by atoms with Crippen molar-refractivity contribution in [2.45, 2.75) is 45.6 Å². The Kier molecular flexibility index (Phi) is 6.11. The Labute approximate surface area is 189 Å². The van der Waals surface area contributed by atoms with E-state index in [1.165, 1.54) is 0 Å². The number of carbonyl (C=O) groups excluding carboxylic acids is 2. The van der Waals surface area contributed by atoms with Gasteiger partial charge in [0, 0.05) is 23.6 Å². The van der Waals surface area contributed by atoms with Gasteiger partial charge in [0.05, 0.1) is 16.5 Å². The number of aromatic nitrogens is 4. The first kappa shape index (κ1) is 21.5. The van der Waals surface area contributed by atoms with E-state index in [1.807, 2.05) is 19.9 Å². The van der Waals surface area contributed by atoms with E-state index in [0.29, 0.717) is 40.3 Å². The third-order valence-electron chi connectivity index (χ3n) is 5.28. The molecule has 1 saturated heterocycles. The van der Waals surface area contributed by atoms with E-state index >= 15 is 0 Å². The standard InChI is InChI=1S/C21H22Cl2N6O2/c1-12-9-13(2)29-21(24-12)26-18(27-29)11-19(30)28-8-4-3-5-17(28)20(31)25-14-6-7-15(22)16(23)10-14/h6-7,9-10,17H,3-5,8,11H2,1-2H3,(H,25,31). The van der Waals surface area contributed by atoms with Crippen LogP contribution in [-0.2, 0) is 16.0 Å². The molecule has 31 heavy (non-hydrogen) atoms. The molecule has 162 valence electrons. The number of hydrogen-bond acceptors (Lipinski definition) is 5. The summed E-state index contributed by atoms with van der Waals surface area (Å²) in [5.41, 5.74) is 2.27.